The lowest BCUT2D eigenvalue weighted by Gasteiger charge is -2.32. The van der Waals surface area contributed by atoms with E-state index in [1.807, 2.05) is 39.0 Å². The van der Waals surface area contributed by atoms with E-state index in [4.69, 9.17) is 5.73 Å². The lowest BCUT2D eigenvalue weighted by molar-refractivity contribution is 0.0827. The van der Waals surface area contributed by atoms with Gasteiger partial charge in [-0.25, -0.2) is 0 Å². The molecule has 202 valence electrons. The SMILES string of the molecule is C/C(=C\c1c(-n2ccc(N)cc2=O)ccnc1C)CN1CCC(c2ccc(C(=O)N(C)C)cc2)CC1.CC. The van der Waals surface area contributed by atoms with Crippen LogP contribution in [0.4, 0.5) is 5.69 Å². The second-order valence-corrected chi connectivity index (χ2v) is 9.86. The number of aryl methyl sites for hydroxylation is 1. The number of amides is 1. The van der Waals surface area contributed by atoms with Crippen molar-refractivity contribution in [2.24, 2.45) is 0 Å². The van der Waals surface area contributed by atoms with E-state index < -0.39 is 0 Å². The molecule has 1 aromatic carbocycles. The Morgan fingerprint density at radius 2 is 1.76 bits per heavy atom. The van der Waals surface area contributed by atoms with Crippen LogP contribution in [0.5, 0.6) is 0 Å². The summed E-state index contributed by atoms with van der Waals surface area (Å²) in [4.78, 5) is 33.2. The zero-order valence-corrected chi connectivity index (χ0v) is 23.6. The second-order valence-electron chi connectivity index (χ2n) is 9.86. The lowest BCUT2D eigenvalue weighted by atomic mass is 9.88. The molecule has 0 radical (unpaired) electrons. The highest BCUT2D eigenvalue weighted by molar-refractivity contribution is 5.93. The van der Waals surface area contributed by atoms with Crippen molar-refractivity contribution in [1.82, 2.24) is 19.4 Å². The molecule has 4 rings (SSSR count). The molecule has 0 bridgehead atoms. The van der Waals surface area contributed by atoms with Crippen molar-refractivity contribution in [3.63, 3.8) is 0 Å². The van der Waals surface area contributed by atoms with E-state index in [9.17, 15) is 9.59 Å². The van der Waals surface area contributed by atoms with Crippen molar-refractivity contribution in [3.8, 4) is 5.69 Å². The number of hydrogen-bond donors (Lipinski definition) is 1. The van der Waals surface area contributed by atoms with Crippen LogP contribution in [0.3, 0.4) is 0 Å². The van der Waals surface area contributed by atoms with Gasteiger partial charge in [-0.15, -0.1) is 0 Å². The Morgan fingerprint density at radius 3 is 2.37 bits per heavy atom. The number of nitrogens with two attached hydrogens (primary N) is 1. The number of nitrogen functional groups attached to an aromatic ring is 1. The normalized spacial score (nSPS) is 14.5. The number of hydrogen-bond acceptors (Lipinski definition) is 5. The third-order valence-electron chi connectivity index (χ3n) is 6.86. The summed E-state index contributed by atoms with van der Waals surface area (Å²) in [6, 6.07) is 13.1. The fraction of sp³-hybridized carbons (Fsp3) is 0.387. The Kier molecular flexibility index (Phi) is 10.0. The maximum atomic E-state index is 12.6. The van der Waals surface area contributed by atoms with Crippen molar-refractivity contribution in [1.29, 1.82) is 0 Å². The topological polar surface area (TPSA) is 84.5 Å². The van der Waals surface area contributed by atoms with Crippen LogP contribution in [-0.4, -0.2) is 59.0 Å². The summed E-state index contributed by atoms with van der Waals surface area (Å²) < 4.78 is 1.62. The van der Waals surface area contributed by atoms with Gasteiger partial charge >= 0.3 is 0 Å². The number of aromatic nitrogens is 2. The zero-order chi connectivity index (χ0) is 27.8. The van der Waals surface area contributed by atoms with Crippen LogP contribution in [0.1, 0.15) is 66.7 Å². The van der Waals surface area contributed by atoms with Gasteiger partial charge in [0.25, 0.3) is 11.5 Å². The Balaban J connectivity index is 0.00000195. The van der Waals surface area contributed by atoms with Gasteiger partial charge in [-0.05, 0) is 75.5 Å². The summed E-state index contributed by atoms with van der Waals surface area (Å²) in [7, 11) is 3.55. The molecule has 1 amide bonds. The van der Waals surface area contributed by atoms with Gasteiger partial charge < -0.3 is 10.6 Å². The monoisotopic (exact) mass is 515 g/mol. The predicted molar refractivity (Wildman–Crippen MR) is 157 cm³/mol. The first-order valence-corrected chi connectivity index (χ1v) is 13.4. The van der Waals surface area contributed by atoms with Crippen LogP contribution in [0.25, 0.3) is 11.8 Å². The summed E-state index contributed by atoms with van der Waals surface area (Å²) in [6.45, 7) is 11.0. The number of anilines is 1. The molecule has 3 aromatic rings. The van der Waals surface area contributed by atoms with Crippen LogP contribution >= 0.6 is 0 Å². The average molecular weight is 516 g/mol. The smallest absolute Gasteiger partial charge is 0.257 e. The average Bonchev–Trinajstić information content (AvgIpc) is 2.91. The van der Waals surface area contributed by atoms with Gasteiger partial charge in [-0.3, -0.25) is 24.0 Å². The van der Waals surface area contributed by atoms with E-state index in [0.717, 1.165) is 55.0 Å². The van der Waals surface area contributed by atoms with Gasteiger partial charge in [0.15, 0.2) is 0 Å². The first kappa shape index (κ1) is 28.9. The molecule has 1 fully saturated rings. The van der Waals surface area contributed by atoms with Crippen molar-refractivity contribution >= 4 is 17.7 Å². The van der Waals surface area contributed by atoms with Crippen LogP contribution in [-0.2, 0) is 0 Å². The van der Waals surface area contributed by atoms with Gasteiger partial charge in [-0.1, -0.05) is 37.6 Å². The molecule has 3 heterocycles. The van der Waals surface area contributed by atoms with Crippen LogP contribution in [0.15, 0.2) is 65.2 Å². The molecule has 38 heavy (non-hydrogen) atoms. The molecule has 1 saturated heterocycles. The Labute approximate surface area is 226 Å². The minimum Gasteiger partial charge on any atom is -0.399 e. The third kappa shape index (κ3) is 6.98. The molecule has 0 spiro atoms. The van der Waals surface area contributed by atoms with E-state index in [1.54, 1.807) is 42.0 Å². The highest BCUT2D eigenvalue weighted by Crippen LogP contribution is 2.29. The van der Waals surface area contributed by atoms with Gasteiger partial charge in [0.1, 0.15) is 0 Å². The first-order chi connectivity index (χ1) is 18.2. The van der Waals surface area contributed by atoms with Gasteiger partial charge in [-0.2, -0.15) is 0 Å². The van der Waals surface area contributed by atoms with E-state index in [1.165, 1.54) is 17.2 Å². The van der Waals surface area contributed by atoms with Crippen LogP contribution in [0.2, 0.25) is 0 Å². The molecule has 1 aliphatic heterocycles. The van der Waals surface area contributed by atoms with E-state index in [-0.39, 0.29) is 11.5 Å². The Morgan fingerprint density at radius 1 is 1.11 bits per heavy atom. The number of rotatable bonds is 6. The lowest BCUT2D eigenvalue weighted by Crippen LogP contribution is -2.34. The largest absolute Gasteiger partial charge is 0.399 e. The standard InChI is InChI=1S/C29H35N5O2.C2H6/c1-20(17-26-21(2)31-13-9-27(26)34-16-12-25(30)18-28(34)35)19-33-14-10-23(11-15-33)22-5-7-24(8-6-22)29(36)32(3)4;1-2/h5-9,12-13,16-18,23H,10-11,14-15,19,30H2,1-4H3;1-2H3/b20-17+;. The highest BCUT2D eigenvalue weighted by atomic mass is 16.2. The summed E-state index contributed by atoms with van der Waals surface area (Å²) in [6.07, 6.45) is 7.77. The Hall–Kier alpha value is -3.71. The highest BCUT2D eigenvalue weighted by Gasteiger charge is 2.21. The number of carbonyl (C=O) groups is 1. The van der Waals surface area contributed by atoms with Crippen molar-refractivity contribution in [3.05, 3.63) is 93.2 Å². The van der Waals surface area contributed by atoms with Crippen molar-refractivity contribution in [2.45, 2.75) is 46.5 Å². The molecule has 1 aliphatic rings. The maximum Gasteiger partial charge on any atom is 0.257 e. The third-order valence-corrected chi connectivity index (χ3v) is 6.86. The quantitative estimate of drug-likeness (QED) is 0.492. The summed E-state index contributed by atoms with van der Waals surface area (Å²) >= 11 is 0. The van der Waals surface area contributed by atoms with Gasteiger partial charge in [0, 0.05) is 61.6 Å². The summed E-state index contributed by atoms with van der Waals surface area (Å²) in [5, 5.41) is 0. The molecule has 0 unspecified atom stereocenters. The first-order valence-electron chi connectivity index (χ1n) is 13.4. The van der Waals surface area contributed by atoms with Gasteiger partial charge in [0.05, 0.1) is 5.69 Å². The minimum absolute atomic E-state index is 0.0342. The number of carbonyl (C=O) groups excluding carboxylic acids is 1. The molecule has 2 aromatic heterocycles. The minimum atomic E-state index is -0.158. The van der Waals surface area contributed by atoms with E-state index in [2.05, 4.69) is 35.0 Å². The number of likely N-dealkylation sites (tertiary alicyclic amines) is 1. The number of piperidine rings is 1. The molecule has 0 atom stereocenters. The van der Waals surface area contributed by atoms with E-state index >= 15 is 0 Å². The number of pyridine rings is 2. The van der Waals surface area contributed by atoms with Crippen LogP contribution < -0.4 is 11.3 Å². The predicted octanol–water partition coefficient (Wildman–Crippen LogP) is 5.13. The second kappa shape index (κ2) is 13.2. The Bertz CT molecular complexity index is 1320. The number of benzene rings is 1. The van der Waals surface area contributed by atoms with Crippen molar-refractivity contribution in [2.75, 3.05) is 39.5 Å². The molecular weight excluding hydrogens is 474 g/mol. The van der Waals surface area contributed by atoms with Crippen molar-refractivity contribution < 1.29 is 4.79 Å². The molecule has 7 heteroatoms. The zero-order valence-electron chi connectivity index (χ0n) is 23.6. The fourth-order valence-corrected chi connectivity index (χ4v) is 4.87. The molecule has 0 saturated carbocycles. The number of nitrogens with zero attached hydrogens (tertiary/aromatic N) is 4. The molecule has 7 nitrogen and oxygen atoms in total. The van der Waals surface area contributed by atoms with Gasteiger partial charge in [0.2, 0.25) is 0 Å². The molecular formula is C31H41N5O2. The fourth-order valence-electron chi connectivity index (χ4n) is 4.87. The summed E-state index contributed by atoms with van der Waals surface area (Å²) in [5.41, 5.74) is 12.0. The maximum absolute atomic E-state index is 12.6. The summed E-state index contributed by atoms with van der Waals surface area (Å²) in [5.74, 6) is 0.547. The van der Waals surface area contributed by atoms with E-state index in [0.29, 0.717) is 11.6 Å². The van der Waals surface area contributed by atoms with Crippen LogP contribution in [0, 0.1) is 6.92 Å². The molecule has 2 N–H and O–H groups in total. The molecule has 0 aliphatic carbocycles.